The number of hydrogen-bond donors (Lipinski definition) is 0. The van der Waals surface area contributed by atoms with Crippen LogP contribution in [0.2, 0.25) is 0 Å². The highest BCUT2D eigenvalue weighted by molar-refractivity contribution is 7.93. The van der Waals surface area contributed by atoms with E-state index in [-0.39, 0.29) is 10.8 Å². The fraction of sp³-hybridized carbons (Fsp3) is 0.100. The van der Waals surface area contributed by atoms with Crippen LogP contribution in [0.3, 0.4) is 0 Å². The number of benzene rings is 2. The molecule has 29 heavy (non-hydrogen) atoms. The van der Waals surface area contributed by atoms with Gasteiger partial charge < -0.3 is 9.26 Å². The first kappa shape index (κ1) is 19.2. The van der Waals surface area contributed by atoms with E-state index in [9.17, 15) is 8.42 Å². The fourth-order valence-corrected chi connectivity index (χ4v) is 5.27. The zero-order chi connectivity index (χ0) is 20.4. The predicted octanol–water partition coefficient (Wildman–Crippen LogP) is 4.30. The predicted molar refractivity (Wildman–Crippen MR) is 112 cm³/mol. The fourth-order valence-electron chi connectivity index (χ4n) is 2.77. The second-order valence-corrected chi connectivity index (χ2v) is 8.93. The Hall–Kier alpha value is -3.17. The van der Waals surface area contributed by atoms with Crippen molar-refractivity contribution in [3.8, 4) is 27.9 Å². The van der Waals surface area contributed by atoms with Crippen LogP contribution in [-0.4, -0.2) is 32.7 Å². The Kier molecular flexibility index (Phi) is 5.08. The number of methoxy groups -OCH3 is 1. The Balaban J connectivity index is 1.71. The molecule has 7 nitrogen and oxygen atoms in total. The number of nitrogens with zero attached hydrogens (tertiary/aromatic N) is 3. The van der Waals surface area contributed by atoms with E-state index >= 15 is 0 Å². The van der Waals surface area contributed by atoms with E-state index in [4.69, 9.17) is 9.26 Å². The molecule has 0 unspecified atom stereocenters. The van der Waals surface area contributed by atoms with Crippen LogP contribution in [0.4, 0.5) is 5.69 Å². The molecule has 0 radical (unpaired) electrons. The summed E-state index contributed by atoms with van der Waals surface area (Å²) >= 11 is 1.23. The van der Waals surface area contributed by atoms with E-state index in [1.807, 2.05) is 30.3 Å². The van der Waals surface area contributed by atoms with Gasteiger partial charge in [0.25, 0.3) is 15.9 Å². The van der Waals surface area contributed by atoms with Gasteiger partial charge in [0.15, 0.2) is 0 Å². The maximum atomic E-state index is 13.3. The first-order valence-electron chi connectivity index (χ1n) is 8.60. The standard InChI is InChI=1S/C20H17N3O4S2/c1-23(15-9-6-10-16(13-15)26-2)29(24,25)17-11-12-28-18(17)20-21-19(22-27-20)14-7-4-3-5-8-14/h3-13H,1-2H3. The maximum Gasteiger partial charge on any atom is 0.269 e. The lowest BCUT2D eigenvalue weighted by atomic mass is 10.2. The van der Waals surface area contributed by atoms with E-state index in [1.165, 1.54) is 29.8 Å². The van der Waals surface area contributed by atoms with Crippen LogP contribution in [0.1, 0.15) is 0 Å². The van der Waals surface area contributed by atoms with E-state index < -0.39 is 10.0 Å². The molecule has 2 heterocycles. The molecule has 148 valence electrons. The zero-order valence-electron chi connectivity index (χ0n) is 15.6. The van der Waals surface area contributed by atoms with Crippen LogP contribution in [0.5, 0.6) is 5.75 Å². The quantitative estimate of drug-likeness (QED) is 0.456. The first-order valence-corrected chi connectivity index (χ1v) is 10.9. The van der Waals surface area contributed by atoms with E-state index in [2.05, 4.69) is 10.1 Å². The summed E-state index contributed by atoms with van der Waals surface area (Å²) in [6.07, 6.45) is 0. The van der Waals surface area contributed by atoms with Crippen molar-refractivity contribution in [3.05, 3.63) is 66.0 Å². The second-order valence-electron chi connectivity index (χ2n) is 6.08. The van der Waals surface area contributed by atoms with Gasteiger partial charge in [0.05, 0.1) is 12.8 Å². The molecule has 0 aliphatic rings. The molecule has 0 atom stereocenters. The third-order valence-electron chi connectivity index (χ3n) is 4.34. The Bertz CT molecular complexity index is 1230. The Morgan fingerprint density at radius 2 is 1.86 bits per heavy atom. The van der Waals surface area contributed by atoms with Crippen molar-refractivity contribution in [1.29, 1.82) is 0 Å². The van der Waals surface area contributed by atoms with Gasteiger partial charge in [-0.05, 0) is 23.6 Å². The Morgan fingerprint density at radius 1 is 1.07 bits per heavy atom. The van der Waals surface area contributed by atoms with Gasteiger partial charge in [-0.2, -0.15) is 4.98 Å². The number of aromatic nitrogens is 2. The molecule has 0 saturated heterocycles. The van der Waals surface area contributed by atoms with Gasteiger partial charge in [0, 0.05) is 18.7 Å². The summed E-state index contributed by atoms with van der Waals surface area (Å²) < 4.78 is 38.3. The summed E-state index contributed by atoms with van der Waals surface area (Å²) in [4.78, 5) is 4.89. The summed E-state index contributed by atoms with van der Waals surface area (Å²) in [5, 5.41) is 5.68. The van der Waals surface area contributed by atoms with Gasteiger partial charge in [-0.1, -0.05) is 41.6 Å². The van der Waals surface area contributed by atoms with Gasteiger partial charge in [-0.15, -0.1) is 11.3 Å². The van der Waals surface area contributed by atoms with Crippen LogP contribution in [0, 0.1) is 0 Å². The minimum atomic E-state index is -3.85. The molecule has 2 aromatic heterocycles. The van der Waals surface area contributed by atoms with Crippen LogP contribution in [0.15, 0.2) is 75.5 Å². The Morgan fingerprint density at radius 3 is 2.62 bits per heavy atom. The van der Waals surface area contributed by atoms with Gasteiger partial charge in [-0.3, -0.25) is 4.31 Å². The Labute approximate surface area is 172 Å². The van der Waals surface area contributed by atoms with Crippen molar-refractivity contribution in [2.75, 3.05) is 18.5 Å². The van der Waals surface area contributed by atoms with Crippen molar-refractivity contribution in [1.82, 2.24) is 10.1 Å². The van der Waals surface area contributed by atoms with Gasteiger partial charge >= 0.3 is 0 Å². The second kappa shape index (κ2) is 7.69. The van der Waals surface area contributed by atoms with E-state index in [1.54, 1.807) is 35.7 Å². The van der Waals surface area contributed by atoms with Crippen molar-refractivity contribution in [3.63, 3.8) is 0 Å². The molecule has 0 spiro atoms. The van der Waals surface area contributed by atoms with Gasteiger partial charge in [-0.25, -0.2) is 8.42 Å². The monoisotopic (exact) mass is 427 g/mol. The molecule has 4 rings (SSSR count). The van der Waals surface area contributed by atoms with Crippen LogP contribution in [0.25, 0.3) is 22.2 Å². The van der Waals surface area contributed by atoms with E-state index in [0.717, 1.165) is 5.56 Å². The SMILES string of the molecule is COc1cccc(N(C)S(=O)(=O)c2ccsc2-c2nc(-c3ccccc3)no2)c1. The highest BCUT2D eigenvalue weighted by atomic mass is 32.2. The molecule has 0 aliphatic carbocycles. The summed E-state index contributed by atoms with van der Waals surface area (Å²) in [5.74, 6) is 1.13. The molecule has 0 N–H and O–H groups in total. The van der Waals surface area contributed by atoms with Crippen molar-refractivity contribution < 1.29 is 17.7 Å². The molecular formula is C20H17N3O4S2. The van der Waals surface area contributed by atoms with Crippen molar-refractivity contribution >= 4 is 27.0 Å². The normalized spacial score (nSPS) is 11.4. The minimum Gasteiger partial charge on any atom is -0.497 e. The number of thiophene rings is 1. The average Bonchev–Trinajstić information content (AvgIpc) is 3.43. The molecule has 0 fully saturated rings. The van der Waals surface area contributed by atoms with Crippen molar-refractivity contribution in [2.45, 2.75) is 4.90 Å². The number of hydrogen-bond acceptors (Lipinski definition) is 7. The molecule has 0 saturated carbocycles. The average molecular weight is 428 g/mol. The lowest BCUT2D eigenvalue weighted by molar-refractivity contribution is 0.415. The first-order chi connectivity index (χ1) is 14.0. The lowest BCUT2D eigenvalue weighted by Gasteiger charge is -2.19. The molecule has 0 aliphatic heterocycles. The molecule has 4 aromatic rings. The van der Waals surface area contributed by atoms with Gasteiger partial charge in [0.1, 0.15) is 15.5 Å². The molecule has 0 amide bonds. The minimum absolute atomic E-state index is 0.107. The van der Waals surface area contributed by atoms with Crippen LogP contribution >= 0.6 is 11.3 Å². The van der Waals surface area contributed by atoms with Crippen molar-refractivity contribution in [2.24, 2.45) is 0 Å². The molecule has 0 bridgehead atoms. The van der Waals surface area contributed by atoms with Crippen LogP contribution < -0.4 is 9.04 Å². The number of ether oxygens (including phenoxy) is 1. The third-order valence-corrected chi connectivity index (χ3v) is 7.20. The molecular weight excluding hydrogens is 410 g/mol. The van der Waals surface area contributed by atoms with Gasteiger partial charge in [0.2, 0.25) is 5.82 Å². The van der Waals surface area contributed by atoms with Crippen LogP contribution in [-0.2, 0) is 10.0 Å². The zero-order valence-corrected chi connectivity index (χ0v) is 17.3. The third kappa shape index (κ3) is 3.62. The summed E-state index contributed by atoms with van der Waals surface area (Å²) in [6.45, 7) is 0. The number of sulfonamides is 1. The largest absolute Gasteiger partial charge is 0.497 e. The lowest BCUT2D eigenvalue weighted by Crippen LogP contribution is -2.26. The summed E-state index contributed by atoms with van der Waals surface area (Å²) in [5.41, 5.74) is 1.27. The summed E-state index contributed by atoms with van der Waals surface area (Å²) in [7, 11) is -0.820. The number of anilines is 1. The highest BCUT2D eigenvalue weighted by Crippen LogP contribution is 2.35. The number of rotatable bonds is 6. The van der Waals surface area contributed by atoms with E-state index in [0.29, 0.717) is 22.1 Å². The molecule has 9 heteroatoms. The maximum absolute atomic E-state index is 13.3. The molecule has 2 aromatic carbocycles. The summed E-state index contributed by atoms with van der Waals surface area (Å²) in [6, 6.07) is 17.7. The highest BCUT2D eigenvalue weighted by Gasteiger charge is 2.28. The smallest absolute Gasteiger partial charge is 0.269 e. The topological polar surface area (TPSA) is 85.5 Å².